The van der Waals surface area contributed by atoms with Gasteiger partial charge in [0.25, 0.3) is 5.91 Å². The van der Waals surface area contributed by atoms with E-state index in [1.165, 1.54) is 30.6 Å². The van der Waals surface area contributed by atoms with Gasteiger partial charge in [-0.2, -0.15) is 5.10 Å². The number of nitrogens with zero attached hydrogens (tertiary/aromatic N) is 4. The topological polar surface area (TPSA) is 51.0 Å². The average molecular weight is 332 g/mol. The summed E-state index contributed by atoms with van der Waals surface area (Å²) < 4.78 is 1.75. The van der Waals surface area contributed by atoms with Gasteiger partial charge in [-0.3, -0.25) is 9.48 Å². The van der Waals surface area contributed by atoms with Crippen LogP contribution in [0.4, 0.5) is 0 Å². The van der Waals surface area contributed by atoms with Crippen LogP contribution in [-0.2, 0) is 7.05 Å². The van der Waals surface area contributed by atoms with E-state index >= 15 is 0 Å². The van der Waals surface area contributed by atoms with Gasteiger partial charge in [0.1, 0.15) is 10.7 Å². The summed E-state index contributed by atoms with van der Waals surface area (Å²) in [5.74, 6) is 0.854. The summed E-state index contributed by atoms with van der Waals surface area (Å²) in [6.45, 7) is 3.96. The normalized spacial score (nSPS) is 18.9. The van der Waals surface area contributed by atoms with Gasteiger partial charge < -0.3 is 4.90 Å². The highest BCUT2D eigenvalue weighted by atomic mass is 32.1. The molecule has 1 aliphatic heterocycles. The maximum Gasteiger partial charge on any atom is 0.273 e. The Morgan fingerprint density at radius 1 is 1.39 bits per heavy atom. The van der Waals surface area contributed by atoms with Crippen molar-refractivity contribution in [1.82, 2.24) is 19.7 Å². The van der Waals surface area contributed by atoms with Gasteiger partial charge in [-0.25, -0.2) is 4.98 Å². The molecular weight excluding hydrogens is 308 g/mol. The molecule has 0 N–H and O–H groups in total. The van der Waals surface area contributed by atoms with E-state index in [9.17, 15) is 4.79 Å². The monoisotopic (exact) mass is 332 g/mol. The number of likely N-dealkylation sites (tertiary alicyclic amines) is 1. The molecule has 0 bridgehead atoms. The minimum Gasteiger partial charge on any atom is -0.337 e. The van der Waals surface area contributed by atoms with Crippen molar-refractivity contribution in [2.45, 2.75) is 39.0 Å². The number of hydrogen-bond donors (Lipinski definition) is 0. The number of rotatable bonds is 4. The van der Waals surface area contributed by atoms with E-state index in [-0.39, 0.29) is 5.91 Å². The third-order valence-corrected chi connectivity index (χ3v) is 5.40. The first-order valence-corrected chi connectivity index (χ1v) is 9.29. The molecule has 0 aliphatic carbocycles. The molecular formula is C17H24N4OS. The van der Waals surface area contributed by atoms with Gasteiger partial charge in [0.05, 0.1) is 6.20 Å². The lowest BCUT2D eigenvalue weighted by molar-refractivity contribution is 0.0755. The van der Waals surface area contributed by atoms with Gasteiger partial charge >= 0.3 is 0 Å². The fraction of sp³-hybridized carbons (Fsp3) is 0.588. The summed E-state index contributed by atoms with van der Waals surface area (Å²) in [5.41, 5.74) is 1.54. The van der Waals surface area contributed by atoms with Crippen LogP contribution in [0.25, 0.3) is 10.6 Å². The van der Waals surface area contributed by atoms with E-state index in [0.717, 1.165) is 42.4 Å². The van der Waals surface area contributed by atoms with Gasteiger partial charge in [0.2, 0.25) is 0 Å². The van der Waals surface area contributed by atoms with Crippen LogP contribution in [0.3, 0.4) is 0 Å². The van der Waals surface area contributed by atoms with E-state index in [0.29, 0.717) is 5.69 Å². The Morgan fingerprint density at radius 3 is 3.00 bits per heavy atom. The zero-order valence-electron chi connectivity index (χ0n) is 13.9. The highest BCUT2D eigenvalue weighted by Crippen LogP contribution is 2.26. The van der Waals surface area contributed by atoms with Crippen LogP contribution < -0.4 is 0 Å². The molecule has 1 fully saturated rings. The van der Waals surface area contributed by atoms with Crippen LogP contribution in [0.2, 0.25) is 0 Å². The Balaban J connectivity index is 1.67. The van der Waals surface area contributed by atoms with E-state index < -0.39 is 0 Å². The molecule has 1 aliphatic rings. The average Bonchev–Trinajstić information content (AvgIpc) is 3.12. The summed E-state index contributed by atoms with van der Waals surface area (Å²) in [6.07, 6.45) is 9.70. The Hall–Kier alpha value is -1.69. The van der Waals surface area contributed by atoms with Crippen LogP contribution >= 0.6 is 11.3 Å². The van der Waals surface area contributed by atoms with Crippen molar-refractivity contribution < 1.29 is 4.79 Å². The summed E-state index contributed by atoms with van der Waals surface area (Å²) in [6, 6.07) is 0. The zero-order valence-corrected chi connectivity index (χ0v) is 14.7. The van der Waals surface area contributed by atoms with Crippen LogP contribution in [-0.4, -0.2) is 38.7 Å². The van der Waals surface area contributed by atoms with Crippen molar-refractivity contribution in [2.24, 2.45) is 13.0 Å². The van der Waals surface area contributed by atoms with E-state index in [4.69, 9.17) is 0 Å². The third kappa shape index (κ3) is 3.80. The molecule has 1 saturated heterocycles. The molecule has 2 aromatic rings. The van der Waals surface area contributed by atoms with Crippen molar-refractivity contribution in [2.75, 3.05) is 13.1 Å². The van der Waals surface area contributed by atoms with Crippen molar-refractivity contribution >= 4 is 17.2 Å². The van der Waals surface area contributed by atoms with Gasteiger partial charge in [0.15, 0.2) is 0 Å². The minimum atomic E-state index is 0.0774. The largest absolute Gasteiger partial charge is 0.337 e. The first-order chi connectivity index (χ1) is 11.2. The van der Waals surface area contributed by atoms with Crippen LogP contribution in [0.5, 0.6) is 0 Å². The Morgan fingerprint density at radius 2 is 2.26 bits per heavy atom. The summed E-state index contributed by atoms with van der Waals surface area (Å²) in [4.78, 5) is 19.2. The number of thiazole rings is 1. The first-order valence-electron chi connectivity index (χ1n) is 8.41. The Labute approximate surface area is 141 Å². The Kier molecular flexibility index (Phi) is 5.10. The second-order valence-electron chi connectivity index (χ2n) is 6.32. The minimum absolute atomic E-state index is 0.0774. The molecule has 0 radical (unpaired) electrons. The van der Waals surface area contributed by atoms with Gasteiger partial charge in [-0.15, -0.1) is 11.3 Å². The van der Waals surface area contributed by atoms with Crippen molar-refractivity contribution in [3.8, 4) is 10.6 Å². The summed E-state index contributed by atoms with van der Waals surface area (Å²) in [7, 11) is 1.88. The highest BCUT2D eigenvalue weighted by molar-refractivity contribution is 7.13. The lowest BCUT2D eigenvalue weighted by atomic mass is 9.96. The second kappa shape index (κ2) is 7.25. The zero-order chi connectivity index (χ0) is 16.2. The van der Waals surface area contributed by atoms with Crippen molar-refractivity contribution in [1.29, 1.82) is 0 Å². The van der Waals surface area contributed by atoms with Gasteiger partial charge in [0, 0.05) is 37.3 Å². The number of hydrogen-bond acceptors (Lipinski definition) is 4. The number of aryl methyl sites for hydroxylation is 1. The fourth-order valence-corrected chi connectivity index (χ4v) is 4.03. The molecule has 0 unspecified atom stereocenters. The molecule has 124 valence electrons. The molecule has 1 atom stereocenters. The van der Waals surface area contributed by atoms with E-state index in [1.54, 1.807) is 10.9 Å². The van der Waals surface area contributed by atoms with E-state index in [1.807, 2.05) is 23.5 Å². The SMILES string of the molecule is CCC[C@@H]1CCCN(C(=O)c2csc(-c3cnn(C)c3)n2)CC1. The van der Waals surface area contributed by atoms with Gasteiger partial charge in [-0.05, 0) is 25.2 Å². The molecule has 23 heavy (non-hydrogen) atoms. The second-order valence-corrected chi connectivity index (χ2v) is 7.18. The smallest absolute Gasteiger partial charge is 0.273 e. The highest BCUT2D eigenvalue weighted by Gasteiger charge is 2.23. The number of amides is 1. The van der Waals surface area contributed by atoms with Crippen LogP contribution in [0.1, 0.15) is 49.5 Å². The predicted molar refractivity (Wildman–Crippen MR) is 92.5 cm³/mol. The molecule has 3 rings (SSSR count). The lowest BCUT2D eigenvalue weighted by Crippen LogP contribution is -2.32. The van der Waals surface area contributed by atoms with Gasteiger partial charge in [-0.1, -0.05) is 19.8 Å². The summed E-state index contributed by atoms with van der Waals surface area (Å²) >= 11 is 1.51. The lowest BCUT2D eigenvalue weighted by Gasteiger charge is -2.19. The standard InChI is InChI=1S/C17H24N4OS/c1-3-5-13-6-4-8-21(9-7-13)17(22)15-12-23-16(19-15)14-10-18-20(2)11-14/h10-13H,3-9H2,1-2H3/t13-/m1/s1. The molecule has 5 nitrogen and oxygen atoms in total. The number of carbonyl (C=O) groups is 1. The summed E-state index contributed by atoms with van der Waals surface area (Å²) in [5, 5.41) is 6.90. The molecule has 2 aromatic heterocycles. The van der Waals surface area contributed by atoms with Crippen molar-refractivity contribution in [3.05, 3.63) is 23.5 Å². The molecule has 0 spiro atoms. The molecule has 3 heterocycles. The number of carbonyl (C=O) groups excluding carboxylic acids is 1. The number of aromatic nitrogens is 3. The third-order valence-electron chi connectivity index (χ3n) is 4.51. The molecule has 1 amide bonds. The maximum absolute atomic E-state index is 12.7. The fourth-order valence-electron chi connectivity index (χ4n) is 3.26. The van der Waals surface area contributed by atoms with Crippen LogP contribution in [0, 0.1) is 5.92 Å². The first kappa shape index (κ1) is 16.2. The molecule has 0 saturated carbocycles. The van der Waals surface area contributed by atoms with Crippen LogP contribution in [0.15, 0.2) is 17.8 Å². The quantitative estimate of drug-likeness (QED) is 0.860. The predicted octanol–water partition coefficient (Wildman–Crippen LogP) is 3.59. The van der Waals surface area contributed by atoms with Crippen molar-refractivity contribution in [3.63, 3.8) is 0 Å². The molecule has 0 aromatic carbocycles. The van der Waals surface area contributed by atoms with E-state index in [2.05, 4.69) is 17.0 Å². The maximum atomic E-state index is 12.7. The Bertz CT molecular complexity index is 663. The molecule has 6 heteroatoms.